The molecule has 0 spiro atoms. The minimum atomic E-state index is 0.344. The number of aromatic nitrogens is 3. The molecule has 0 aliphatic carbocycles. The van der Waals surface area contributed by atoms with Crippen molar-refractivity contribution in [3.05, 3.63) is 41.1 Å². The summed E-state index contributed by atoms with van der Waals surface area (Å²) in [6.45, 7) is 5.23. The van der Waals surface area contributed by atoms with Gasteiger partial charge in [0.15, 0.2) is 5.76 Å². The van der Waals surface area contributed by atoms with Crippen molar-refractivity contribution in [2.24, 2.45) is 0 Å². The van der Waals surface area contributed by atoms with Gasteiger partial charge in [-0.05, 0) is 50.0 Å². The van der Waals surface area contributed by atoms with Gasteiger partial charge in [0.1, 0.15) is 23.0 Å². The van der Waals surface area contributed by atoms with Crippen molar-refractivity contribution in [1.82, 2.24) is 19.6 Å². The summed E-state index contributed by atoms with van der Waals surface area (Å²) < 4.78 is 20.5. The van der Waals surface area contributed by atoms with Gasteiger partial charge in [0.25, 0.3) is 0 Å². The van der Waals surface area contributed by atoms with Gasteiger partial charge in [0.2, 0.25) is 0 Å². The van der Waals surface area contributed by atoms with Crippen molar-refractivity contribution in [2.75, 3.05) is 20.2 Å². The summed E-state index contributed by atoms with van der Waals surface area (Å²) in [5.41, 5.74) is 1.89. The Bertz CT molecular complexity index is 856. The molecule has 0 radical (unpaired) electrons. The third-order valence-corrected chi connectivity index (χ3v) is 5.40. The van der Waals surface area contributed by atoms with E-state index in [1.54, 1.807) is 7.11 Å². The van der Waals surface area contributed by atoms with Crippen LogP contribution >= 0.6 is 11.5 Å². The van der Waals surface area contributed by atoms with Gasteiger partial charge in [-0.1, -0.05) is 9.64 Å². The average molecular weight is 374 g/mol. The van der Waals surface area contributed by atoms with E-state index in [9.17, 15) is 0 Å². The molecule has 4 heterocycles. The second-order valence-electron chi connectivity index (χ2n) is 6.70. The number of nitrogens with zero attached hydrogens (tertiary/aromatic N) is 4. The molecular weight excluding hydrogens is 352 g/mol. The van der Waals surface area contributed by atoms with Gasteiger partial charge in [0.05, 0.1) is 17.9 Å². The third-order valence-electron chi connectivity index (χ3n) is 4.64. The Morgan fingerprint density at radius 3 is 3.04 bits per heavy atom. The molecule has 8 heteroatoms. The van der Waals surface area contributed by atoms with Crippen LogP contribution in [0, 0.1) is 6.92 Å². The highest BCUT2D eigenvalue weighted by molar-refractivity contribution is 7.09. The number of hydrogen-bond donors (Lipinski definition) is 0. The van der Waals surface area contributed by atoms with Crippen LogP contribution in [0.25, 0.3) is 10.6 Å². The molecule has 0 unspecified atom stereocenters. The quantitative estimate of drug-likeness (QED) is 0.652. The van der Waals surface area contributed by atoms with Crippen molar-refractivity contribution in [3.63, 3.8) is 0 Å². The molecule has 3 aromatic heterocycles. The lowest BCUT2D eigenvalue weighted by Gasteiger charge is -2.31. The second-order valence-corrected chi connectivity index (χ2v) is 7.45. The molecule has 0 saturated carbocycles. The standard InChI is InChI=1S/C18H22N4O3S/c1-12-8-16(25-20-12)18-17(19-21-26-18)13-4-3-7-22(9-13)10-14-5-6-15(24-14)11-23-2/h5-6,8,13H,3-4,7,9-11H2,1-2H3/t13-/m0/s1. The van der Waals surface area contributed by atoms with E-state index < -0.39 is 0 Å². The van der Waals surface area contributed by atoms with Crippen molar-refractivity contribution < 1.29 is 13.7 Å². The van der Waals surface area contributed by atoms with Crippen LogP contribution in [-0.4, -0.2) is 39.8 Å². The molecule has 0 aromatic carbocycles. The smallest absolute Gasteiger partial charge is 0.180 e. The largest absolute Gasteiger partial charge is 0.462 e. The molecule has 7 nitrogen and oxygen atoms in total. The molecule has 0 bridgehead atoms. The highest BCUT2D eigenvalue weighted by Gasteiger charge is 2.28. The molecule has 1 fully saturated rings. The summed E-state index contributed by atoms with van der Waals surface area (Å²) in [5, 5.41) is 8.40. The number of ether oxygens (including phenoxy) is 1. The molecule has 0 amide bonds. The Labute approximate surface area is 156 Å². The van der Waals surface area contributed by atoms with E-state index in [-0.39, 0.29) is 0 Å². The zero-order valence-corrected chi connectivity index (χ0v) is 15.8. The summed E-state index contributed by atoms with van der Waals surface area (Å²) in [6, 6.07) is 5.96. The summed E-state index contributed by atoms with van der Waals surface area (Å²) in [6.07, 6.45) is 2.23. The highest BCUT2D eigenvalue weighted by Crippen LogP contribution is 2.35. The van der Waals surface area contributed by atoms with Crippen LogP contribution in [0.1, 0.15) is 41.7 Å². The molecule has 1 aliphatic rings. The first-order valence-electron chi connectivity index (χ1n) is 8.77. The number of furan rings is 1. The Hall–Kier alpha value is -2.03. The van der Waals surface area contributed by atoms with Crippen molar-refractivity contribution in [1.29, 1.82) is 0 Å². The van der Waals surface area contributed by atoms with Crippen LogP contribution < -0.4 is 0 Å². The maximum atomic E-state index is 5.83. The third kappa shape index (κ3) is 3.72. The van der Waals surface area contributed by atoms with Crippen LogP contribution in [-0.2, 0) is 17.9 Å². The fourth-order valence-corrected chi connectivity index (χ4v) is 4.17. The summed E-state index contributed by atoms with van der Waals surface area (Å²) in [7, 11) is 1.67. The highest BCUT2D eigenvalue weighted by atomic mass is 32.1. The molecule has 1 atom stereocenters. The van der Waals surface area contributed by atoms with Crippen LogP contribution in [0.4, 0.5) is 0 Å². The van der Waals surface area contributed by atoms with Crippen LogP contribution in [0.3, 0.4) is 0 Å². The SMILES string of the molecule is COCc1ccc(CN2CCC[C@H](c3nnsc3-c3cc(C)no3)C2)o1. The molecule has 26 heavy (non-hydrogen) atoms. The van der Waals surface area contributed by atoms with Gasteiger partial charge >= 0.3 is 0 Å². The Morgan fingerprint density at radius 1 is 1.35 bits per heavy atom. The van der Waals surface area contributed by atoms with E-state index in [2.05, 4.69) is 19.6 Å². The Kier molecular flexibility index (Phi) is 5.14. The number of hydrogen-bond acceptors (Lipinski definition) is 8. The first-order chi connectivity index (χ1) is 12.7. The molecular formula is C18H22N4O3S. The molecule has 1 saturated heterocycles. The zero-order valence-electron chi connectivity index (χ0n) is 15.0. The van der Waals surface area contributed by atoms with E-state index in [1.807, 2.05) is 25.1 Å². The van der Waals surface area contributed by atoms with Crippen LogP contribution in [0.2, 0.25) is 0 Å². The summed E-state index contributed by atoms with van der Waals surface area (Å²) >= 11 is 1.38. The predicted molar refractivity (Wildman–Crippen MR) is 96.8 cm³/mol. The van der Waals surface area contributed by atoms with Gasteiger partial charge in [-0.15, -0.1) is 5.10 Å². The number of methoxy groups -OCH3 is 1. The number of aryl methyl sites for hydroxylation is 1. The predicted octanol–water partition coefficient (Wildman–Crippen LogP) is 3.62. The van der Waals surface area contributed by atoms with E-state index in [0.717, 1.165) is 66.0 Å². The minimum Gasteiger partial charge on any atom is -0.462 e. The van der Waals surface area contributed by atoms with E-state index in [4.69, 9.17) is 13.7 Å². The van der Waals surface area contributed by atoms with Crippen LogP contribution in [0.15, 0.2) is 27.1 Å². The fraction of sp³-hybridized carbons (Fsp3) is 0.500. The molecule has 3 aromatic rings. The Balaban J connectivity index is 1.46. The minimum absolute atomic E-state index is 0.344. The van der Waals surface area contributed by atoms with E-state index in [1.165, 1.54) is 11.5 Å². The zero-order chi connectivity index (χ0) is 17.9. The molecule has 0 N–H and O–H groups in total. The van der Waals surface area contributed by atoms with Crippen LogP contribution in [0.5, 0.6) is 0 Å². The second kappa shape index (κ2) is 7.69. The topological polar surface area (TPSA) is 77.4 Å². The van der Waals surface area contributed by atoms with Gasteiger partial charge in [-0.3, -0.25) is 4.90 Å². The molecule has 138 valence electrons. The lowest BCUT2D eigenvalue weighted by Crippen LogP contribution is -2.34. The maximum Gasteiger partial charge on any atom is 0.180 e. The van der Waals surface area contributed by atoms with Crippen molar-refractivity contribution in [2.45, 2.75) is 38.8 Å². The first-order valence-corrected chi connectivity index (χ1v) is 9.55. The number of piperidine rings is 1. The van der Waals surface area contributed by atoms with Crippen molar-refractivity contribution >= 4 is 11.5 Å². The number of rotatable bonds is 6. The normalized spacial score (nSPS) is 18.5. The first kappa shape index (κ1) is 17.4. The van der Waals surface area contributed by atoms with Gasteiger partial charge < -0.3 is 13.7 Å². The van der Waals surface area contributed by atoms with E-state index >= 15 is 0 Å². The molecule has 1 aliphatic heterocycles. The van der Waals surface area contributed by atoms with Gasteiger partial charge in [-0.25, -0.2) is 0 Å². The number of likely N-dealkylation sites (tertiary alicyclic amines) is 1. The summed E-state index contributed by atoms with van der Waals surface area (Å²) in [5.74, 6) is 2.94. The fourth-order valence-electron chi connectivity index (χ4n) is 3.48. The van der Waals surface area contributed by atoms with Gasteiger partial charge in [0, 0.05) is 25.6 Å². The lowest BCUT2D eigenvalue weighted by atomic mass is 9.93. The molecule has 4 rings (SSSR count). The average Bonchev–Trinajstić information content (AvgIpc) is 3.36. The summed E-state index contributed by atoms with van der Waals surface area (Å²) in [4.78, 5) is 3.41. The maximum absolute atomic E-state index is 5.83. The van der Waals surface area contributed by atoms with Gasteiger partial charge in [-0.2, -0.15) is 0 Å². The lowest BCUT2D eigenvalue weighted by molar-refractivity contribution is 0.153. The van der Waals surface area contributed by atoms with E-state index in [0.29, 0.717) is 12.5 Å². The Morgan fingerprint density at radius 2 is 2.23 bits per heavy atom. The van der Waals surface area contributed by atoms with Crippen molar-refractivity contribution in [3.8, 4) is 10.6 Å². The monoisotopic (exact) mass is 374 g/mol.